The predicted molar refractivity (Wildman–Crippen MR) is 143 cm³/mol. The molecule has 4 aromatic rings. The fraction of sp³-hybridized carbons (Fsp3) is 0.129. The molecule has 0 radical (unpaired) electrons. The molecule has 8 heteroatoms. The maximum atomic E-state index is 13.8. The summed E-state index contributed by atoms with van der Waals surface area (Å²) in [6.45, 7) is 0. The number of hydrogen-bond acceptors (Lipinski definition) is 7. The SMILES string of the molecule is COc1cc([C@@H]2[C@H]3C(=O)N(c4ccccc4)C(=O)[C@H]3ON2c2ccccc2)ccc1OC(=O)c1ccccc1. The Morgan fingerprint density at radius 1 is 0.744 bits per heavy atom. The number of para-hydroxylation sites is 2. The Balaban J connectivity index is 1.38. The van der Waals surface area contributed by atoms with Crippen LogP contribution < -0.4 is 19.4 Å². The number of esters is 1. The smallest absolute Gasteiger partial charge is 0.343 e. The number of imide groups is 1. The molecule has 0 N–H and O–H groups in total. The van der Waals surface area contributed by atoms with Crippen LogP contribution in [0.5, 0.6) is 11.5 Å². The van der Waals surface area contributed by atoms with Gasteiger partial charge in [0.15, 0.2) is 17.6 Å². The third kappa shape index (κ3) is 4.30. The maximum absolute atomic E-state index is 13.8. The summed E-state index contributed by atoms with van der Waals surface area (Å²) < 4.78 is 11.2. The van der Waals surface area contributed by atoms with Gasteiger partial charge in [0.25, 0.3) is 5.91 Å². The average molecular weight is 521 g/mol. The molecule has 6 rings (SSSR count). The minimum absolute atomic E-state index is 0.233. The van der Waals surface area contributed by atoms with E-state index in [2.05, 4.69) is 0 Å². The summed E-state index contributed by atoms with van der Waals surface area (Å²) in [6, 6.07) is 31.2. The summed E-state index contributed by atoms with van der Waals surface area (Å²) in [5, 5.41) is 1.61. The van der Waals surface area contributed by atoms with Crippen molar-refractivity contribution in [3.05, 3.63) is 120 Å². The molecular formula is C31H24N2O6. The molecule has 0 bridgehead atoms. The normalized spacial score (nSPS) is 20.2. The monoisotopic (exact) mass is 520 g/mol. The quantitative estimate of drug-likeness (QED) is 0.202. The van der Waals surface area contributed by atoms with Gasteiger partial charge in [-0.2, -0.15) is 0 Å². The second kappa shape index (κ2) is 10.1. The Labute approximate surface area is 224 Å². The highest BCUT2D eigenvalue weighted by molar-refractivity contribution is 6.23. The van der Waals surface area contributed by atoms with Crippen molar-refractivity contribution < 1.29 is 28.7 Å². The van der Waals surface area contributed by atoms with Crippen LogP contribution in [0.1, 0.15) is 22.0 Å². The number of ether oxygens (including phenoxy) is 2. The Hall–Kier alpha value is -4.95. The molecule has 2 fully saturated rings. The van der Waals surface area contributed by atoms with Gasteiger partial charge < -0.3 is 9.47 Å². The van der Waals surface area contributed by atoms with Crippen molar-refractivity contribution in [3.63, 3.8) is 0 Å². The van der Waals surface area contributed by atoms with Crippen molar-refractivity contribution in [2.45, 2.75) is 12.1 Å². The predicted octanol–water partition coefficient (Wildman–Crippen LogP) is 4.97. The van der Waals surface area contributed by atoms with Gasteiger partial charge in [0.2, 0.25) is 5.91 Å². The number of hydrogen-bond donors (Lipinski definition) is 0. The molecule has 2 aliphatic heterocycles. The van der Waals surface area contributed by atoms with E-state index < -0.39 is 29.9 Å². The van der Waals surface area contributed by atoms with E-state index in [1.807, 2.05) is 42.5 Å². The molecular weight excluding hydrogens is 496 g/mol. The average Bonchev–Trinajstić information content (AvgIpc) is 3.50. The molecule has 2 amide bonds. The molecule has 2 saturated heterocycles. The van der Waals surface area contributed by atoms with E-state index in [1.54, 1.807) is 71.8 Å². The number of amides is 2. The summed E-state index contributed by atoms with van der Waals surface area (Å²) in [5.74, 6) is -1.55. The zero-order valence-electron chi connectivity index (χ0n) is 21.0. The zero-order valence-corrected chi connectivity index (χ0v) is 21.0. The number of fused-ring (bicyclic) bond motifs is 1. The first kappa shape index (κ1) is 24.4. The molecule has 194 valence electrons. The van der Waals surface area contributed by atoms with Crippen LogP contribution in [-0.2, 0) is 14.4 Å². The van der Waals surface area contributed by atoms with Gasteiger partial charge in [0.1, 0.15) is 5.92 Å². The van der Waals surface area contributed by atoms with Crippen LogP contribution in [0, 0.1) is 5.92 Å². The third-order valence-electron chi connectivity index (χ3n) is 6.88. The van der Waals surface area contributed by atoms with E-state index in [0.717, 1.165) is 0 Å². The van der Waals surface area contributed by atoms with Crippen LogP contribution in [0.4, 0.5) is 11.4 Å². The lowest BCUT2D eigenvalue weighted by atomic mass is 9.90. The van der Waals surface area contributed by atoms with Gasteiger partial charge >= 0.3 is 5.97 Å². The largest absolute Gasteiger partial charge is 0.493 e. The molecule has 3 atom stereocenters. The third-order valence-corrected chi connectivity index (χ3v) is 6.88. The first-order valence-corrected chi connectivity index (χ1v) is 12.5. The van der Waals surface area contributed by atoms with Crippen molar-refractivity contribution in [1.82, 2.24) is 0 Å². The number of carbonyl (C=O) groups is 3. The van der Waals surface area contributed by atoms with E-state index in [4.69, 9.17) is 14.3 Å². The molecule has 39 heavy (non-hydrogen) atoms. The lowest BCUT2D eigenvalue weighted by Crippen LogP contribution is -2.37. The lowest BCUT2D eigenvalue weighted by Gasteiger charge is -2.29. The first-order valence-electron chi connectivity index (χ1n) is 12.5. The van der Waals surface area contributed by atoms with Crippen LogP contribution >= 0.6 is 0 Å². The van der Waals surface area contributed by atoms with Crippen molar-refractivity contribution >= 4 is 29.2 Å². The summed E-state index contributed by atoms with van der Waals surface area (Å²) >= 11 is 0. The number of anilines is 2. The van der Waals surface area contributed by atoms with E-state index in [-0.39, 0.29) is 11.7 Å². The summed E-state index contributed by atoms with van der Waals surface area (Å²) in [6.07, 6.45) is -0.996. The number of rotatable bonds is 6. The summed E-state index contributed by atoms with van der Waals surface area (Å²) in [4.78, 5) is 47.3. The molecule has 2 aliphatic rings. The Morgan fingerprint density at radius 2 is 1.36 bits per heavy atom. The highest BCUT2D eigenvalue weighted by Crippen LogP contribution is 2.48. The number of methoxy groups -OCH3 is 1. The number of nitrogens with zero attached hydrogens (tertiary/aromatic N) is 2. The minimum Gasteiger partial charge on any atom is -0.493 e. The van der Waals surface area contributed by atoms with Crippen molar-refractivity contribution in [3.8, 4) is 11.5 Å². The van der Waals surface area contributed by atoms with Crippen LogP contribution in [0.2, 0.25) is 0 Å². The Morgan fingerprint density at radius 3 is 2.00 bits per heavy atom. The molecule has 2 heterocycles. The molecule has 0 aromatic heterocycles. The highest BCUT2D eigenvalue weighted by Gasteiger charge is 2.60. The summed E-state index contributed by atoms with van der Waals surface area (Å²) in [5.41, 5.74) is 2.26. The van der Waals surface area contributed by atoms with E-state index in [1.165, 1.54) is 12.0 Å². The highest BCUT2D eigenvalue weighted by atomic mass is 16.7. The number of carbonyl (C=O) groups excluding carboxylic acids is 3. The molecule has 0 spiro atoms. The topological polar surface area (TPSA) is 85.4 Å². The fourth-order valence-corrected chi connectivity index (χ4v) is 5.07. The molecule has 0 unspecified atom stereocenters. The van der Waals surface area contributed by atoms with E-state index in [9.17, 15) is 14.4 Å². The number of benzene rings is 4. The molecule has 8 nitrogen and oxygen atoms in total. The standard InChI is InChI=1S/C31H24N2O6/c1-37-25-19-21(17-18-24(25)38-31(36)20-11-5-2-6-12-20)27-26-28(39-33(27)23-15-9-4-10-16-23)30(35)32(29(26)34)22-13-7-3-8-14-22/h2-19,26-28H,1H3/t26-,27-,28+/m1/s1. The lowest BCUT2D eigenvalue weighted by molar-refractivity contribution is -0.126. The maximum Gasteiger partial charge on any atom is 0.343 e. The minimum atomic E-state index is -0.996. The molecule has 0 aliphatic carbocycles. The first-order chi connectivity index (χ1) is 19.1. The van der Waals surface area contributed by atoms with Crippen LogP contribution in [-0.4, -0.2) is 31.0 Å². The van der Waals surface area contributed by atoms with Gasteiger partial charge in [-0.25, -0.2) is 14.8 Å². The van der Waals surface area contributed by atoms with Gasteiger partial charge in [0.05, 0.1) is 30.1 Å². The van der Waals surface area contributed by atoms with Gasteiger partial charge in [-0.15, -0.1) is 0 Å². The van der Waals surface area contributed by atoms with E-state index >= 15 is 0 Å². The second-order valence-corrected chi connectivity index (χ2v) is 9.17. The molecule has 0 saturated carbocycles. The fourth-order valence-electron chi connectivity index (χ4n) is 5.07. The van der Waals surface area contributed by atoms with Crippen LogP contribution in [0.15, 0.2) is 109 Å². The molecule has 4 aromatic carbocycles. The van der Waals surface area contributed by atoms with Crippen LogP contribution in [0.3, 0.4) is 0 Å². The van der Waals surface area contributed by atoms with E-state index in [0.29, 0.717) is 28.3 Å². The zero-order chi connectivity index (χ0) is 26.9. The van der Waals surface area contributed by atoms with Crippen LogP contribution in [0.25, 0.3) is 0 Å². The summed E-state index contributed by atoms with van der Waals surface area (Å²) in [7, 11) is 1.48. The van der Waals surface area contributed by atoms with Gasteiger partial charge in [-0.05, 0) is 54.1 Å². The van der Waals surface area contributed by atoms with Crippen molar-refractivity contribution in [2.24, 2.45) is 5.92 Å². The Kier molecular flexibility index (Phi) is 6.30. The van der Waals surface area contributed by atoms with Gasteiger partial charge in [-0.3, -0.25) is 14.4 Å². The number of hydroxylamine groups is 1. The second-order valence-electron chi connectivity index (χ2n) is 9.17. The Bertz CT molecular complexity index is 1530. The van der Waals surface area contributed by atoms with Crippen molar-refractivity contribution in [2.75, 3.05) is 17.1 Å². The van der Waals surface area contributed by atoms with Gasteiger partial charge in [-0.1, -0.05) is 60.7 Å². The van der Waals surface area contributed by atoms with Crippen molar-refractivity contribution in [1.29, 1.82) is 0 Å². The van der Waals surface area contributed by atoms with Gasteiger partial charge in [0, 0.05) is 0 Å².